The van der Waals surface area contributed by atoms with Gasteiger partial charge in [-0.25, -0.2) is 0 Å². The Labute approximate surface area is 151 Å². The van der Waals surface area contributed by atoms with Crippen molar-refractivity contribution in [1.29, 1.82) is 0 Å². The van der Waals surface area contributed by atoms with Gasteiger partial charge in [0.15, 0.2) is 5.78 Å². The van der Waals surface area contributed by atoms with E-state index in [4.69, 9.17) is 4.74 Å². The molecule has 138 valence electrons. The Morgan fingerprint density at radius 1 is 1.24 bits per heavy atom. The summed E-state index contributed by atoms with van der Waals surface area (Å²) in [6.07, 6.45) is 12.7. The van der Waals surface area contributed by atoms with Gasteiger partial charge >= 0.3 is 0 Å². The van der Waals surface area contributed by atoms with Crippen molar-refractivity contribution in [3.63, 3.8) is 0 Å². The Morgan fingerprint density at radius 2 is 2.08 bits per heavy atom. The van der Waals surface area contributed by atoms with Crippen LogP contribution in [0.5, 0.6) is 0 Å². The fourth-order valence-corrected chi connectivity index (χ4v) is 7.60. The first kappa shape index (κ1) is 16.5. The largest absolute Gasteiger partial charge is 0.385 e. The lowest BCUT2D eigenvalue weighted by atomic mass is 9.49. The summed E-state index contributed by atoms with van der Waals surface area (Å²) in [7, 11) is 0. The zero-order valence-electron chi connectivity index (χ0n) is 15.7. The Kier molecular flexibility index (Phi) is 3.43. The van der Waals surface area contributed by atoms with E-state index in [9.17, 15) is 9.90 Å². The van der Waals surface area contributed by atoms with E-state index in [0.717, 1.165) is 24.8 Å². The van der Waals surface area contributed by atoms with E-state index < -0.39 is 5.60 Å². The molecule has 1 aliphatic heterocycles. The number of hydrogen-bond donors (Lipinski definition) is 1. The first-order valence-corrected chi connectivity index (χ1v) is 10.6. The third kappa shape index (κ3) is 1.97. The summed E-state index contributed by atoms with van der Waals surface area (Å²) in [6, 6.07) is 0. The molecule has 1 saturated heterocycles. The van der Waals surface area contributed by atoms with Gasteiger partial charge < -0.3 is 9.84 Å². The molecule has 3 heteroatoms. The summed E-state index contributed by atoms with van der Waals surface area (Å²) in [5.41, 5.74) is 0.812. The van der Waals surface area contributed by atoms with E-state index >= 15 is 0 Å². The third-order valence-corrected chi connectivity index (χ3v) is 8.98. The number of fused-ring (bicyclic) bond motifs is 7. The van der Waals surface area contributed by atoms with Gasteiger partial charge in [0.1, 0.15) is 5.60 Å². The average molecular weight is 344 g/mol. The van der Waals surface area contributed by atoms with Crippen molar-refractivity contribution in [2.24, 2.45) is 23.2 Å². The van der Waals surface area contributed by atoms with E-state index in [2.05, 4.69) is 13.8 Å². The normalized spacial score (nSPS) is 53.4. The van der Waals surface area contributed by atoms with Crippen LogP contribution in [0, 0.1) is 23.2 Å². The predicted molar refractivity (Wildman–Crippen MR) is 96.1 cm³/mol. The van der Waals surface area contributed by atoms with Gasteiger partial charge in [0, 0.05) is 11.8 Å². The molecule has 6 unspecified atom stereocenters. The molecule has 7 atom stereocenters. The van der Waals surface area contributed by atoms with E-state index in [1.54, 1.807) is 6.08 Å². The quantitative estimate of drug-likeness (QED) is 0.781. The standard InChI is InChI=1S/C22H32O3/c1-3-4-9-22-19(25-22)13-18-16-6-5-14-12-15(23)7-11-21(14,24)17(16)8-10-20(18,22)2/h12,16-19,24H,3-11,13H2,1-2H3/t16?,17?,18?,19?,20?,21-,22?/m1/s1. The highest BCUT2D eigenvalue weighted by molar-refractivity contribution is 5.92. The lowest BCUT2D eigenvalue weighted by molar-refractivity contribution is -0.134. The van der Waals surface area contributed by atoms with Crippen LogP contribution in [0.1, 0.15) is 78.1 Å². The van der Waals surface area contributed by atoms with Crippen LogP contribution in [0.2, 0.25) is 0 Å². The minimum absolute atomic E-state index is 0.153. The SMILES string of the molecule is CCCCC12OC1CC1C3CCC4=CC(=O)CC[C@]4(O)C3CCC12C. The summed E-state index contributed by atoms with van der Waals surface area (Å²) in [5.74, 6) is 1.89. The molecule has 25 heavy (non-hydrogen) atoms. The lowest BCUT2D eigenvalue weighted by Crippen LogP contribution is -2.56. The van der Waals surface area contributed by atoms with Gasteiger partial charge in [0.2, 0.25) is 0 Å². The lowest BCUT2D eigenvalue weighted by Gasteiger charge is -2.57. The number of hydrogen-bond acceptors (Lipinski definition) is 3. The van der Waals surface area contributed by atoms with Gasteiger partial charge in [-0.1, -0.05) is 26.7 Å². The van der Waals surface area contributed by atoms with Crippen molar-refractivity contribution < 1.29 is 14.6 Å². The number of ether oxygens (including phenoxy) is 1. The summed E-state index contributed by atoms with van der Waals surface area (Å²) in [6.45, 7) is 4.77. The molecule has 1 heterocycles. The van der Waals surface area contributed by atoms with Crippen molar-refractivity contribution in [1.82, 2.24) is 0 Å². The average Bonchev–Trinajstić information content (AvgIpc) is 3.25. The Hall–Kier alpha value is -0.670. The van der Waals surface area contributed by atoms with E-state index in [1.807, 2.05) is 0 Å². The van der Waals surface area contributed by atoms with Crippen LogP contribution in [-0.2, 0) is 9.53 Å². The number of ketones is 1. The van der Waals surface area contributed by atoms with Crippen LogP contribution >= 0.6 is 0 Å². The maximum atomic E-state index is 11.8. The monoisotopic (exact) mass is 344 g/mol. The molecule has 0 aromatic rings. The second kappa shape index (κ2) is 5.19. The van der Waals surface area contributed by atoms with Crippen molar-refractivity contribution >= 4 is 5.78 Å². The van der Waals surface area contributed by atoms with Gasteiger partial charge in [-0.3, -0.25) is 4.79 Å². The van der Waals surface area contributed by atoms with Crippen LogP contribution in [0.3, 0.4) is 0 Å². The van der Waals surface area contributed by atoms with Gasteiger partial charge in [-0.2, -0.15) is 0 Å². The fourth-order valence-electron chi connectivity index (χ4n) is 7.60. The molecular weight excluding hydrogens is 312 g/mol. The van der Waals surface area contributed by atoms with Crippen molar-refractivity contribution in [2.75, 3.05) is 0 Å². The fraction of sp³-hybridized carbons (Fsp3) is 0.864. The van der Waals surface area contributed by atoms with Crippen LogP contribution in [0.4, 0.5) is 0 Å². The van der Waals surface area contributed by atoms with Crippen LogP contribution in [0.15, 0.2) is 11.6 Å². The highest BCUT2D eigenvalue weighted by atomic mass is 16.6. The summed E-state index contributed by atoms with van der Waals surface area (Å²) in [5, 5.41) is 11.5. The van der Waals surface area contributed by atoms with E-state index in [0.29, 0.717) is 42.1 Å². The van der Waals surface area contributed by atoms with Crippen LogP contribution in [-0.4, -0.2) is 28.2 Å². The molecule has 0 aromatic heterocycles. The smallest absolute Gasteiger partial charge is 0.155 e. The van der Waals surface area contributed by atoms with E-state index in [-0.39, 0.29) is 11.4 Å². The predicted octanol–water partition coefficient (Wildman–Crippen LogP) is 4.18. The molecule has 0 aromatic carbocycles. The molecule has 0 radical (unpaired) electrons. The zero-order valence-corrected chi connectivity index (χ0v) is 15.7. The topological polar surface area (TPSA) is 49.8 Å². The molecule has 1 N–H and O–H groups in total. The Morgan fingerprint density at radius 3 is 2.88 bits per heavy atom. The molecule has 4 fully saturated rings. The second-order valence-corrected chi connectivity index (χ2v) is 9.77. The molecule has 0 bridgehead atoms. The van der Waals surface area contributed by atoms with Crippen molar-refractivity contribution in [3.8, 4) is 0 Å². The minimum Gasteiger partial charge on any atom is -0.385 e. The number of aliphatic hydroxyl groups is 1. The number of carbonyl (C=O) groups excluding carboxylic acids is 1. The summed E-state index contributed by atoms with van der Waals surface area (Å²) in [4.78, 5) is 11.8. The Bertz CT molecular complexity index is 639. The molecule has 0 amide bonds. The van der Waals surface area contributed by atoms with Gasteiger partial charge in [-0.15, -0.1) is 0 Å². The summed E-state index contributed by atoms with van der Waals surface area (Å²) < 4.78 is 6.32. The van der Waals surface area contributed by atoms with Gasteiger partial charge in [-0.05, 0) is 74.3 Å². The van der Waals surface area contributed by atoms with Crippen molar-refractivity contribution in [2.45, 2.75) is 95.4 Å². The molecule has 0 spiro atoms. The first-order valence-electron chi connectivity index (χ1n) is 10.6. The maximum absolute atomic E-state index is 11.8. The molecule has 3 saturated carbocycles. The highest BCUT2D eigenvalue weighted by Gasteiger charge is 2.76. The van der Waals surface area contributed by atoms with Crippen LogP contribution < -0.4 is 0 Å². The van der Waals surface area contributed by atoms with Crippen molar-refractivity contribution in [3.05, 3.63) is 11.6 Å². The van der Waals surface area contributed by atoms with Crippen LogP contribution in [0.25, 0.3) is 0 Å². The summed E-state index contributed by atoms with van der Waals surface area (Å²) >= 11 is 0. The first-order chi connectivity index (χ1) is 11.9. The van der Waals surface area contributed by atoms with Gasteiger partial charge in [0.25, 0.3) is 0 Å². The molecule has 3 nitrogen and oxygen atoms in total. The third-order valence-electron chi connectivity index (χ3n) is 8.98. The highest BCUT2D eigenvalue weighted by Crippen LogP contribution is 2.73. The van der Waals surface area contributed by atoms with Gasteiger partial charge in [0.05, 0.1) is 11.7 Å². The molecule has 5 rings (SSSR count). The molecule has 4 aliphatic carbocycles. The second-order valence-electron chi connectivity index (χ2n) is 9.77. The minimum atomic E-state index is -0.692. The molecule has 5 aliphatic rings. The number of rotatable bonds is 3. The Balaban J connectivity index is 1.45. The number of carbonyl (C=O) groups is 1. The van der Waals surface area contributed by atoms with E-state index in [1.165, 1.54) is 32.1 Å². The zero-order chi connectivity index (χ0) is 17.4. The maximum Gasteiger partial charge on any atom is 0.155 e. The number of unbranched alkanes of at least 4 members (excludes halogenated alkanes) is 1. The number of epoxide rings is 1. The molecular formula is C22H32O3.